The highest BCUT2D eigenvalue weighted by Gasteiger charge is 2.46. The number of aromatic nitrogens is 2. The average Bonchev–Trinajstić information content (AvgIpc) is 1.65. The van der Waals surface area contributed by atoms with E-state index in [1.165, 1.54) is 30.6 Å². The first kappa shape index (κ1) is 101. The number of nitrogens with two attached hydrogens (primary N) is 9. The Morgan fingerprint density at radius 3 is 1.04 bits per heavy atom. The van der Waals surface area contributed by atoms with Gasteiger partial charge in [0.05, 0.1) is 6.10 Å². The van der Waals surface area contributed by atoms with Crippen molar-refractivity contribution in [1.82, 2.24) is 83.6 Å². The number of amides is 14. The van der Waals surface area contributed by atoms with Crippen LogP contribution in [0.4, 0.5) is 0 Å². The van der Waals surface area contributed by atoms with Crippen LogP contribution in [0, 0.1) is 0 Å². The third-order valence-corrected chi connectivity index (χ3v) is 22.7. The summed E-state index contributed by atoms with van der Waals surface area (Å²) < 4.78 is 0. The summed E-state index contributed by atoms with van der Waals surface area (Å²) in [5.74, 6) is -12.4. The van der Waals surface area contributed by atoms with Gasteiger partial charge >= 0.3 is 0 Å². The zero-order chi connectivity index (χ0) is 91.9. The SMILES string of the molecule is C[C@@H]1NC(=O)[C@H](CCCCN)NC(=O)[C@H](CCCCN)NC(=O)[C@H](Cc2c[nH]c3ccccc23)NC(=O)[C@H](CCCN=C(N)N)NC(=O)[C@H](CCCN=C(N)N)NC(=O)[C@H](CCCCN)NC(=O)[C@H](CCCCN)NC(=O)[C@H](C)NC(=O)[C@H](Cc2c[nH]c3ccccc23)NC(=O)[C@H]([C@@H](C)O)NC(=O)[C@@H]2CCCN2C(=O)[C@H]2CCCN2C(=O)[C@H](CCCCN)NC1=O. The van der Waals surface area contributed by atoms with Gasteiger partial charge in [0.1, 0.15) is 84.6 Å². The standard InChI is InChI=1S/C84H135N27O15/c1-48-69(113)100-58(27-9-14-36-86)72(116)102-59(28-10-15-37-87)73(117)103-61(31-18-40-94-83(90)91)75(119)104-62(32-19-41-95-84(92)93)76(120)107-65(45-52-47-97-56-25-7-5-23-54(52)56)78(122)105-60(29-11-16-38-88)74(118)101-57(26-8-13-35-85)71(115)98-49(2)70(114)106-63(30-12-17-39-89)81(125)111-43-21-34-67(111)82(126)110-42-20-33-66(110)79(123)109-68(50(3)112)80(124)108-64(77(121)99-48)44-51-46-96-55-24-6-4-22-53(51)55/h4-7,22-25,46-50,57-68,96-97,112H,8-21,26-45,85-89H2,1-3H3,(H,98,115)(H,99,121)(H,100,113)(H,101,118)(H,102,116)(H,103,117)(H,104,119)(H,105,122)(H,106,114)(H,107,120)(H,108,124)(H,109,123)(H4,90,91,94)(H4,92,93,95)/t48-,49-,50+,57-,58-,59-,60-,61-,62-,63-,64-,65-,66-,67+,68-/m0/s1. The van der Waals surface area contributed by atoms with Gasteiger partial charge in [0.2, 0.25) is 82.7 Å². The van der Waals surface area contributed by atoms with Crippen LogP contribution in [0.3, 0.4) is 0 Å². The first-order chi connectivity index (χ1) is 60.4. The van der Waals surface area contributed by atoms with Crippen molar-refractivity contribution in [2.75, 3.05) is 58.9 Å². The number of aliphatic hydroxyl groups is 1. The molecule has 0 spiro atoms. The number of rotatable bonds is 33. The molecule has 33 N–H and O–H groups in total. The molecule has 3 saturated heterocycles. The van der Waals surface area contributed by atoms with Crippen LogP contribution < -0.4 is 115 Å². The normalized spacial score (nSPS) is 24.9. The van der Waals surface area contributed by atoms with E-state index in [0.717, 1.165) is 0 Å². The Hall–Kier alpha value is -11.6. The van der Waals surface area contributed by atoms with Crippen LogP contribution in [0.25, 0.3) is 21.8 Å². The van der Waals surface area contributed by atoms with E-state index < -0.39 is 173 Å². The van der Waals surface area contributed by atoms with E-state index in [9.17, 15) is 38.7 Å². The lowest BCUT2D eigenvalue weighted by Crippen LogP contribution is -2.62. The third-order valence-electron chi connectivity index (χ3n) is 22.7. The monoisotopic (exact) mass is 1760 g/mol. The van der Waals surface area contributed by atoms with Crippen LogP contribution >= 0.6 is 0 Å². The minimum absolute atomic E-state index is 0.0141. The van der Waals surface area contributed by atoms with Gasteiger partial charge in [-0.05, 0) is 224 Å². The van der Waals surface area contributed by atoms with Crippen LogP contribution in [0.5, 0.6) is 0 Å². The lowest BCUT2D eigenvalue weighted by Gasteiger charge is -2.34. The van der Waals surface area contributed by atoms with Gasteiger partial charge < -0.3 is 140 Å². The van der Waals surface area contributed by atoms with Crippen LogP contribution in [0.1, 0.15) is 180 Å². The highest BCUT2D eigenvalue weighted by molar-refractivity contribution is 6.02. The van der Waals surface area contributed by atoms with E-state index in [1.54, 1.807) is 60.9 Å². The summed E-state index contributed by atoms with van der Waals surface area (Å²) in [6.07, 6.45) is 5.13. The molecule has 42 heteroatoms. The first-order valence-corrected chi connectivity index (χ1v) is 44.1. The smallest absolute Gasteiger partial charge is 0.246 e. The molecule has 0 bridgehead atoms. The predicted molar refractivity (Wildman–Crippen MR) is 474 cm³/mol. The molecule has 2 aromatic heterocycles. The Bertz CT molecular complexity index is 4360. The van der Waals surface area contributed by atoms with E-state index in [0.29, 0.717) is 90.7 Å². The molecule has 3 fully saturated rings. The molecular weight excluding hydrogens is 1630 g/mol. The van der Waals surface area contributed by atoms with Crippen LogP contribution in [-0.2, 0) is 80.0 Å². The van der Waals surface area contributed by atoms with Crippen molar-refractivity contribution in [2.24, 2.45) is 61.6 Å². The largest absolute Gasteiger partial charge is 0.391 e. The molecule has 0 aliphatic carbocycles. The Kier molecular flexibility index (Phi) is 42.2. The molecule has 0 saturated carbocycles. The molecule has 0 radical (unpaired) electrons. The summed E-state index contributed by atoms with van der Waals surface area (Å²) in [5.41, 5.74) is 55.0. The summed E-state index contributed by atoms with van der Waals surface area (Å²) in [6.45, 7) is 4.97. The van der Waals surface area contributed by atoms with Gasteiger partial charge in [0, 0.05) is 73.2 Å². The lowest BCUT2D eigenvalue weighted by atomic mass is 10.0. The summed E-state index contributed by atoms with van der Waals surface area (Å²) in [6, 6.07) is -5.71. The van der Waals surface area contributed by atoms with E-state index in [1.807, 2.05) is 0 Å². The summed E-state index contributed by atoms with van der Waals surface area (Å²) in [4.78, 5) is 226. The van der Waals surface area contributed by atoms with Crippen molar-refractivity contribution < 1.29 is 72.2 Å². The van der Waals surface area contributed by atoms with E-state index >= 15 is 33.6 Å². The molecule has 42 nitrogen and oxygen atoms in total. The molecule has 3 aliphatic heterocycles. The number of nitrogens with one attached hydrogen (secondary N) is 14. The summed E-state index contributed by atoms with van der Waals surface area (Å²) in [7, 11) is 0. The summed E-state index contributed by atoms with van der Waals surface area (Å²) >= 11 is 0. The van der Waals surface area contributed by atoms with Crippen molar-refractivity contribution >= 4 is 116 Å². The fraction of sp³-hybridized carbons (Fsp3) is 0.619. The van der Waals surface area contributed by atoms with Crippen LogP contribution in [-0.4, -0.2) is 269 Å². The first-order valence-electron chi connectivity index (χ1n) is 44.1. The summed E-state index contributed by atoms with van der Waals surface area (Å²) in [5, 5.41) is 45.6. The predicted octanol–water partition coefficient (Wildman–Crippen LogP) is -4.58. The molecule has 0 unspecified atom stereocenters. The number of guanidine groups is 2. The molecule has 4 aromatic rings. The van der Waals surface area contributed by atoms with E-state index in [2.05, 4.69) is 83.8 Å². The maximum atomic E-state index is 15.4. The van der Waals surface area contributed by atoms with E-state index in [4.69, 9.17) is 51.6 Å². The number of aliphatic imine (C=N–C) groups is 2. The number of hydrogen-bond acceptors (Lipinski definition) is 22. The number of nitrogens with zero attached hydrogens (tertiary/aromatic N) is 4. The molecule has 696 valence electrons. The van der Waals surface area contributed by atoms with Crippen molar-refractivity contribution in [3.63, 3.8) is 0 Å². The van der Waals surface area contributed by atoms with Gasteiger partial charge in [0.25, 0.3) is 0 Å². The molecule has 126 heavy (non-hydrogen) atoms. The number of hydrogen-bond donors (Lipinski definition) is 24. The number of aromatic amines is 2. The number of carbonyl (C=O) groups is 14. The second-order valence-corrected chi connectivity index (χ2v) is 32.6. The maximum absolute atomic E-state index is 15.4. The fourth-order valence-corrected chi connectivity index (χ4v) is 15.7. The fourth-order valence-electron chi connectivity index (χ4n) is 15.7. The maximum Gasteiger partial charge on any atom is 0.246 e. The van der Waals surface area contributed by atoms with Crippen molar-refractivity contribution in [3.8, 4) is 0 Å². The minimum atomic E-state index is -1.76. The Labute approximate surface area is 733 Å². The number of benzene rings is 2. The number of para-hydroxylation sites is 2. The number of fused-ring (bicyclic) bond motifs is 4. The Morgan fingerprint density at radius 2 is 0.667 bits per heavy atom. The zero-order valence-electron chi connectivity index (χ0n) is 72.6. The van der Waals surface area contributed by atoms with Crippen LogP contribution in [0.2, 0.25) is 0 Å². The molecule has 3 aliphatic rings. The number of carbonyl (C=O) groups excluding carboxylic acids is 14. The highest BCUT2D eigenvalue weighted by Crippen LogP contribution is 2.28. The van der Waals surface area contributed by atoms with Gasteiger partial charge in [-0.1, -0.05) is 36.4 Å². The molecular formula is C84H135N27O15. The van der Waals surface area contributed by atoms with Crippen molar-refractivity contribution in [3.05, 3.63) is 72.1 Å². The van der Waals surface area contributed by atoms with Gasteiger partial charge in [-0.2, -0.15) is 0 Å². The van der Waals surface area contributed by atoms with Gasteiger partial charge in [-0.25, -0.2) is 0 Å². The third kappa shape index (κ3) is 31.2. The zero-order valence-corrected chi connectivity index (χ0v) is 72.6. The minimum Gasteiger partial charge on any atom is -0.391 e. The second-order valence-electron chi connectivity index (χ2n) is 32.6. The number of aliphatic hydroxyl groups excluding tert-OH is 1. The van der Waals surface area contributed by atoms with Gasteiger partial charge in [-0.15, -0.1) is 0 Å². The molecule has 7 rings (SSSR count). The van der Waals surface area contributed by atoms with Crippen LogP contribution in [0.15, 0.2) is 70.9 Å². The molecule has 5 heterocycles. The number of unbranched alkanes of at least 4 members (excludes halogenated alkanes) is 5. The molecule has 2 aromatic carbocycles. The molecule has 14 amide bonds. The second kappa shape index (κ2) is 52.4. The average molecular weight is 1760 g/mol. The number of H-pyrrole nitrogens is 2. The molecule has 15 atom stereocenters. The van der Waals surface area contributed by atoms with Crippen molar-refractivity contribution in [2.45, 2.75) is 272 Å². The van der Waals surface area contributed by atoms with Gasteiger partial charge in [-0.3, -0.25) is 77.1 Å². The highest BCUT2D eigenvalue weighted by atomic mass is 16.3. The Balaban J connectivity index is 1.31. The van der Waals surface area contributed by atoms with Gasteiger partial charge in [0.15, 0.2) is 11.9 Å². The van der Waals surface area contributed by atoms with E-state index in [-0.39, 0.29) is 174 Å². The quantitative estimate of drug-likeness (QED) is 0.0121. The lowest BCUT2D eigenvalue weighted by molar-refractivity contribution is -0.148. The topological polar surface area (TPSA) is 701 Å². The Morgan fingerprint density at radius 1 is 0.365 bits per heavy atom. The van der Waals surface area contributed by atoms with Crippen molar-refractivity contribution in [1.29, 1.82) is 0 Å².